The van der Waals surface area contributed by atoms with Gasteiger partial charge in [-0.3, -0.25) is 9.78 Å². The van der Waals surface area contributed by atoms with Crippen LogP contribution in [0.1, 0.15) is 47.1 Å². The highest BCUT2D eigenvalue weighted by Crippen LogP contribution is 2.25. The lowest BCUT2D eigenvalue weighted by Gasteiger charge is -2.18. The first-order valence-corrected chi connectivity index (χ1v) is 11.2. The Bertz CT molecular complexity index is 1210. The summed E-state index contributed by atoms with van der Waals surface area (Å²) in [6.07, 6.45) is 1.66. The summed E-state index contributed by atoms with van der Waals surface area (Å²) < 4.78 is 37.4. The fourth-order valence-electron chi connectivity index (χ4n) is 3.43. The molecule has 3 rings (SSSR count). The van der Waals surface area contributed by atoms with Crippen LogP contribution in [-0.2, 0) is 16.3 Å². The van der Waals surface area contributed by atoms with Crippen molar-refractivity contribution in [1.82, 2.24) is 10.3 Å². The average Bonchev–Trinajstić information content (AvgIpc) is 2.66. The molecular weight excluding hydrogens is 391 g/mol. The minimum atomic E-state index is -3.65. The predicted octanol–water partition coefficient (Wildman–Crippen LogP) is 4.14. The lowest BCUT2D eigenvalue weighted by atomic mass is 9.99. The molecule has 29 heavy (non-hydrogen) atoms. The first kappa shape index (κ1) is 20.9. The normalized spacial score (nSPS) is 12.7. The molecule has 1 aromatic heterocycles. The number of nitrogens with zero attached hydrogens (tertiary/aromatic N) is 1. The Balaban J connectivity index is 1.97. The lowest BCUT2D eigenvalue weighted by molar-refractivity contribution is 0.0940. The molecule has 1 N–H and O–H groups in total. The summed E-state index contributed by atoms with van der Waals surface area (Å²) in [5.74, 6) is -1.11. The van der Waals surface area contributed by atoms with Gasteiger partial charge < -0.3 is 5.32 Å². The van der Waals surface area contributed by atoms with Gasteiger partial charge in [0.2, 0.25) is 0 Å². The van der Waals surface area contributed by atoms with E-state index in [0.717, 1.165) is 34.5 Å². The fourth-order valence-corrected chi connectivity index (χ4v) is 4.16. The highest BCUT2D eigenvalue weighted by atomic mass is 32.2. The van der Waals surface area contributed by atoms with Crippen LogP contribution in [0.15, 0.2) is 47.4 Å². The van der Waals surface area contributed by atoms with Crippen LogP contribution in [0, 0.1) is 12.7 Å². The van der Waals surface area contributed by atoms with Gasteiger partial charge in [-0.2, -0.15) is 0 Å². The van der Waals surface area contributed by atoms with Crippen molar-refractivity contribution in [2.45, 2.75) is 38.1 Å². The highest BCUT2D eigenvalue weighted by molar-refractivity contribution is 7.90. The van der Waals surface area contributed by atoms with E-state index >= 15 is 0 Å². The van der Waals surface area contributed by atoms with Crippen LogP contribution in [0.3, 0.4) is 0 Å². The number of carbonyl (C=O) groups excluding carboxylic acids is 1. The van der Waals surface area contributed by atoms with Gasteiger partial charge in [0.25, 0.3) is 5.91 Å². The first-order chi connectivity index (χ1) is 13.6. The van der Waals surface area contributed by atoms with E-state index in [-0.39, 0.29) is 10.8 Å². The van der Waals surface area contributed by atoms with Crippen molar-refractivity contribution in [1.29, 1.82) is 0 Å². The molecule has 5 nitrogen and oxygen atoms in total. The summed E-state index contributed by atoms with van der Waals surface area (Å²) in [5.41, 5.74) is 3.44. The summed E-state index contributed by atoms with van der Waals surface area (Å²) >= 11 is 0. The maximum Gasteiger partial charge on any atom is 0.252 e. The molecule has 152 valence electrons. The van der Waals surface area contributed by atoms with Gasteiger partial charge in [-0.15, -0.1) is 0 Å². The molecule has 0 aliphatic rings. The van der Waals surface area contributed by atoms with Crippen LogP contribution in [-0.4, -0.2) is 25.6 Å². The minimum absolute atomic E-state index is 0.282. The predicted molar refractivity (Wildman–Crippen MR) is 111 cm³/mol. The number of hydrogen-bond donors (Lipinski definition) is 1. The molecule has 2 aromatic carbocycles. The molecule has 7 heteroatoms. The molecule has 0 fully saturated rings. The molecule has 0 unspecified atom stereocenters. The molecular formula is C22H23FN2O3S. The second kappa shape index (κ2) is 7.91. The highest BCUT2D eigenvalue weighted by Gasteiger charge is 2.21. The summed E-state index contributed by atoms with van der Waals surface area (Å²) in [6.45, 7) is 5.59. The van der Waals surface area contributed by atoms with E-state index in [4.69, 9.17) is 0 Å². The molecule has 0 saturated carbocycles. The Morgan fingerprint density at radius 3 is 2.52 bits per heavy atom. The van der Waals surface area contributed by atoms with Crippen LogP contribution in [0.5, 0.6) is 0 Å². The smallest absolute Gasteiger partial charge is 0.252 e. The van der Waals surface area contributed by atoms with Crippen molar-refractivity contribution in [3.05, 3.63) is 70.7 Å². The third kappa shape index (κ3) is 4.15. The average molecular weight is 415 g/mol. The number of hydrogen-bond acceptors (Lipinski definition) is 4. The van der Waals surface area contributed by atoms with Crippen LogP contribution in [0.2, 0.25) is 0 Å². The quantitative estimate of drug-likeness (QED) is 0.681. The van der Waals surface area contributed by atoms with Gasteiger partial charge in [0, 0.05) is 17.3 Å². The number of aryl methyl sites for hydroxylation is 1. The van der Waals surface area contributed by atoms with Gasteiger partial charge in [-0.1, -0.05) is 31.2 Å². The Labute approximate surface area is 169 Å². The molecule has 0 aliphatic heterocycles. The summed E-state index contributed by atoms with van der Waals surface area (Å²) in [6, 6.07) is 10.8. The number of amides is 1. The second-order valence-corrected chi connectivity index (χ2v) is 9.07. The fraction of sp³-hybridized carbons (Fsp3) is 0.273. The van der Waals surface area contributed by atoms with Crippen molar-refractivity contribution in [3.8, 4) is 0 Å². The van der Waals surface area contributed by atoms with E-state index < -0.39 is 21.7 Å². The Morgan fingerprint density at radius 2 is 1.90 bits per heavy atom. The summed E-state index contributed by atoms with van der Waals surface area (Å²) in [5, 5.41) is 3.65. The summed E-state index contributed by atoms with van der Waals surface area (Å²) in [4.78, 5) is 17.4. The molecule has 1 atom stereocenters. The monoisotopic (exact) mass is 414 g/mol. The van der Waals surface area contributed by atoms with Crippen molar-refractivity contribution >= 4 is 26.6 Å². The molecule has 3 aromatic rings. The van der Waals surface area contributed by atoms with E-state index in [2.05, 4.69) is 10.3 Å². The number of fused-ring (bicyclic) bond motifs is 1. The molecule has 1 amide bonds. The SMILES string of the molecule is CCc1nc2ccccc2c(C(=O)N[C@@H](C)c2ccc(S(C)(=O)=O)c(F)c2)c1C. The Morgan fingerprint density at radius 1 is 1.21 bits per heavy atom. The van der Waals surface area contributed by atoms with Gasteiger partial charge in [-0.05, 0) is 49.6 Å². The van der Waals surface area contributed by atoms with Crippen molar-refractivity contribution in [3.63, 3.8) is 0 Å². The maximum absolute atomic E-state index is 14.2. The van der Waals surface area contributed by atoms with E-state index in [1.54, 1.807) is 6.92 Å². The van der Waals surface area contributed by atoms with E-state index in [9.17, 15) is 17.6 Å². The number of halogens is 1. The molecule has 0 aliphatic carbocycles. The number of nitrogens with one attached hydrogen (secondary N) is 1. The zero-order valence-corrected chi connectivity index (χ0v) is 17.6. The van der Waals surface area contributed by atoms with Crippen LogP contribution < -0.4 is 5.32 Å². The number of benzene rings is 2. The summed E-state index contributed by atoms with van der Waals surface area (Å²) in [7, 11) is -3.65. The van der Waals surface area contributed by atoms with Gasteiger partial charge in [0.15, 0.2) is 9.84 Å². The van der Waals surface area contributed by atoms with Crippen LogP contribution in [0.4, 0.5) is 4.39 Å². The zero-order valence-electron chi connectivity index (χ0n) is 16.8. The molecule has 1 heterocycles. The number of para-hydroxylation sites is 1. The Kier molecular flexibility index (Phi) is 5.71. The second-order valence-electron chi connectivity index (χ2n) is 7.09. The third-order valence-electron chi connectivity index (χ3n) is 5.00. The standard InChI is InChI=1S/C22H23FN2O3S/c1-5-18-13(2)21(16-8-6-7-9-19(16)25-18)22(26)24-14(3)15-10-11-20(17(23)12-15)29(4,27)28/h6-12,14H,5H2,1-4H3,(H,24,26)/t14-/m0/s1. The van der Waals surface area contributed by atoms with Crippen LogP contribution in [0.25, 0.3) is 10.9 Å². The largest absolute Gasteiger partial charge is 0.345 e. The molecule has 0 bridgehead atoms. The van der Waals surface area contributed by atoms with Gasteiger partial charge >= 0.3 is 0 Å². The third-order valence-corrected chi connectivity index (χ3v) is 6.13. The van der Waals surface area contributed by atoms with E-state index in [1.165, 1.54) is 12.1 Å². The van der Waals surface area contributed by atoms with E-state index in [1.807, 2.05) is 38.1 Å². The lowest BCUT2D eigenvalue weighted by Crippen LogP contribution is -2.28. The number of rotatable bonds is 5. The number of sulfone groups is 1. The van der Waals surface area contributed by atoms with Gasteiger partial charge in [-0.25, -0.2) is 12.8 Å². The van der Waals surface area contributed by atoms with Gasteiger partial charge in [0.05, 0.1) is 17.1 Å². The Hall–Kier alpha value is -2.80. The number of carbonyl (C=O) groups is 1. The topological polar surface area (TPSA) is 76.1 Å². The van der Waals surface area contributed by atoms with E-state index in [0.29, 0.717) is 17.5 Å². The van der Waals surface area contributed by atoms with Crippen molar-refractivity contribution in [2.75, 3.05) is 6.26 Å². The van der Waals surface area contributed by atoms with Crippen molar-refractivity contribution in [2.24, 2.45) is 0 Å². The minimum Gasteiger partial charge on any atom is -0.345 e. The zero-order chi connectivity index (χ0) is 21.3. The molecule has 0 spiro atoms. The number of pyridine rings is 1. The molecule has 0 radical (unpaired) electrons. The van der Waals surface area contributed by atoms with Crippen molar-refractivity contribution < 1.29 is 17.6 Å². The number of aromatic nitrogens is 1. The van der Waals surface area contributed by atoms with Crippen LogP contribution >= 0.6 is 0 Å². The maximum atomic E-state index is 14.2. The first-order valence-electron chi connectivity index (χ1n) is 9.32. The van der Waals surface area contributed by atoms with Gasteiger partial charge in [0.1, 0.15) is 10.7 Å². The molecule has 0 saturated heterocycles.